The SMILES string of the molecule is CCCCCCc1cc[n+]([O-])c(O[PH](=O)O)c1CCCCCC. The van der Waals surface area contributed by atoms with Crippen LogP contribution >= 0.6 is 8.25 Å². The van der Waals surface area contributed by atoms with Crippen molar-refractivity contribution in [3.05, 3.63) is 28.6 Å². The van der Waals surface area contributed by atoms with Crippen LogP contribution in [-0.4, -0.2) is 4.89 Å². The van der Waals surface area contributed by atoms with Crippen molar-refractivity contribution in [2.75, 3.05) is 0 Å². The van der Waals surface area contributed by atoms with Crippen molar-refractivity contribution in [3.8, 4) is 5.88 Å². The monoisotopic (exact) mass is 343 g/mol. The molecule has 0 aliphatic heterocycles. The quantitative estimate of drug-likeness (QED) is 0.265. The molecule has 6 heteroatoms. The van der Waals surface area contributed by atoms with Gasteiger partial charge in [0, 0.05) is 6.07 Å². The number of aryl methyl sites for hydroxylation is 1. The lowest BCUT2D eigenvalue weighted by atomic mass is 9.98. The zero-order valence-corrected chi connectivity index (χ0v) is 15.3. The van der Waals surface area contributed by atoms with E-state index in [1.807, 2.05) is 6.07 Å². The Bertz CT molecular complexity index is 494. The number of hydrogen-bond acceptors (Lipinski definition) is 3. The van der Waals surface area contributed by atoms with Gasteiger partial charge in [-0.1, -0.05) is 52.4 Å². The van der Waals surface area contributed by atoms with Gasteiger partial charge in [0.05, 0.1) is 5.56 Å². The van der Waals surface area contributed by atoms with Gasteiger partial charge in [-0.2, -0.15) is 0 Å². The molecule has 0 aromatic carbocycles. The fourth-order valence-electron chi connectivity index (χ4n) is 2.76. The van der Waals surface area contributed by atoms with Gasteiger partial charge in [0.1, 0.15) is 0 Å². The van der Waals surface area contributed by atoms with Crippen molar-refractivity contribution < 1.29 is 18.7 Å². The predicted octanol–water partition coefficient (Wildman–Crippen LogP) is 4.33. The molecule has 0 aliphatic rings. The first-order chi connectivity index (χ1) is 11.1. The number of hydrogen-bond donors (Lipinski definition) is 1. The Morgan fingerprint density at radius 2 is 1.70 bits per heavy atom. The number of unbranched alkanes of at least 4 members (excludes halogenated alkanes) is 6. The van der Waals surface area contributed by atoms with Gasteiger partial charge in [0.25, 0.3) is 0 Å². The number of nitrogens with zero attached hydrogens (tertiary/aromatic N) is 1. The molecule has 0 aliphatic carbocycles. The molecule has 0 bridgehead atoms. The minimum absolute atomic E-state index is 0.0147. The Hall–Kier alpha value is -1.06. The second-order valence-electron chi connectivity index (χ2n) is 5.94. The van der Waals surface area contributed by atoms with Crippen LogP contribution < -0.4 is 9.25 Å². The summed E-state index contributed by atoms with van der Waals surface area (Å²) >= 11 is 0. The molecule has 1 rings (SSSR count). The zero-order chi connectivity index (χ0) is 17.1. The maximum atomic E-state index is 12.0. The molecule has 0 radical (unpaired) electrons. The number of aromatic nitrogens is 1. The summed E-state index contributed by atoms with van der Waals surface area (Å²) < 4.78 is 16.6. The Morgan fingerprint density at radius 1 is 1.09 bits per heavy atom. The van der Waals surface area contributed by atoms with Gasteiger partial charge in [-0.05, 0) is 31.2 Å². The van der Waals surface area contributed by atoms with Crippen LogP contribution in [0.5, 0.6) is 5.88 Å². The average molecular weight is 343 g/mol. The van der Waals surface area contributed by atoms with Crippen molar-refractivity contribution in [1.82, 2.24) is 0 Å². The topological polar surface area (TPSA) is 73.5 Å². The van der Waals surface area contributed by atoms with Crippen LogP contribution in [0.25, 0.3) is 0 Å². The minimum atomic E-state index is -3.18. The fraction of sp³-hybridized carbons (Fsp3) is 0.706. The van der Waals surface area contributed by atoms with E-state index < -0.39 is 8.25 Å². The second-order valence-corrected chi connectivity index (χ2v) is 6.68. The molecule has 1 aromatic rings. The van der Waals surface area contributed by atoms with Crippen molar-refractivity contribution in [2.24, 2.45) is 0 Å². The molecule has 5 nitrogen and oxygen atoms in total. The van der Waals surface area contributed by atoms with Gasteiger partial charge >= 0.3 is 14.1 Å². The van der Waals surface area contributed by atoms with Crippen LogP contribution in [0.1, 0.15) is 76.3 Å². The summed E-state index contributed by atoms with van der Waals surface area (Å²) in [5, 5.41) is 12.0. The van der Waals surface area contributed by atoms with E-state index >= 15 is 0 Å². The van der Waals surface area contributed by atoms with Crippen molar-refractivity contribution in [3.63, 3.8) is 0 Å². The maximum absolute atomic E-state index is 12.0. The molecular weight excluding hydrogens is 313 g/mol. The van der Waals surface area contributed by atoms with Crippen LogP contribution in [0.2, 0.25) is 0 Å². The Balaban J connectivity index is 2.89. The fourth-order valence-corrected chi connectivity index (χ4v) is 3.14. The summed E-state index contributed by atoms with van der Waals surface area (Å²) in [4.78, 5) is 9.07. The van der Waals surface area contributed by atoms with Gasteiger partial charge in [-0.25, -0.2) is 4.57 Å². The smallest absolute Gasteiger partial charge is 0.389 e. The molecule has 0 saturated carbocycles. The van der Waals surface area contributed by atoms with Gasteiger partial charge < -0.3 is 14.6 Å². The van der Waals surface area contributed by atoms with Crippen molar-refractivity contribution in [1.29, 1.82) is 0 Å². The van der Waals surface area contributed by atoms with E-state index in [1.165, 1.54) is 19.0 Å². The highest BCUT2D eigenvalue weighted by atomic mass is 31.1. The number of pyridine rings is 1. The first kappa shape index (κ1) is 20.0. The summed E-state index contributed by atoms with van der Waals surface area (Å²) in [7, 11) is -3.18. The molecule has 1 heterocycles. The summed E-state index contributed by atoms with van der Waals surface area (Å²) in [6, 6.07) is 1.83. The highest BCUT2D eigenvalue weighted by Gasteiger charge is 2.20. The van der Waals surface area contributed by atoms with E-state index in [0.717, 1.165) is 62.5 Å². The Labute approximate surface area is 140 Å². The summed E-state index contributed by atoms with van der Waals surface area (Å²) in [5.41, 5.74) is 1.88. The van der Waals surface area contributed by atoms with Crippen LogP contribution in [0.4, 0.5) is 0 Å². The first-order valence-corrected chi connectivity index (χ1v) is 10.0. The maximum Gasteiger partial charge on any atom is 0.389 e. The van der Waals surface area contributed by atoms with Crippen LogP contribution in [0, 0.1) is 5.21 Å². The third-order valence-electron chi connectivity index (χ3n) is 4.02. The average Bonchev–Trinajstić information content (AvgIpc) is 2.52. The van der Waals surface area contributed by atoms with E-state index in [9.17, 15) is 9.77 Å². The molecule has 0 spiro atoms. The highest BCUT2D eigenvalue weighted by molar-refractivity contribution is 7.32. The molecule has 1 aromatic heterocycles. The van der Waals surface area contributed by atoms with Gasteiger partial charge in [-0.3, -0.25) is 0 Å². The largest absolute Gasteiger partial charge is 0.616 e. The van der Waals surface area contributed by atoms with Crippen molar-refractivity contribution in [2.45, 2.75) is 78.1 Å². The Kier molecular flexibility index (Phi) is 9.97. The first-order valence-electron chi connectivity index (χ1n) is 8.74. The van der Waals surface area contributed by atoms with Crippen LogP contribution in [-0.2, 0) is 17.4 Å². The highest BCUT2D eigenvalue weighted by Crippen LogP contribution is 2.28. The van der Waals surface area contributed by atoms with Crippen LogP contribution in [0.3, 0.4) is 0 Å². The molecule has 0 fully saturated rings. The molecule has 1 unspecified atom stereocenters. The third-order valence-corrected chi connectivity index (χ3v) is 4.39. The summed E-state index contributed by atoms with van der Waals surface area (Å²) in [6.07, 6.45) is 11.9. The summed E-state index contributed by atoms with van der Waals surface area (Å²) in [6.45, 7) is 4.33. The zero-order valence-electron chi connectivity index (χ0n) is 14.3. The van der Waals surface area contributed by atoms with Crippen molar-refractivity contribution >= 4 is 8.25 Å². The van der Waals surface area contributed by atoms with E-state index in [0.29, 0.717) is 4.73 Å². The lowest BCUT2D eigenvalue weighted by Gasteiger charge is -2.13. The van der Waals surface area contributed by atoms with Gasteiger partial charge in [0.2, 0.25) is 0 Å². The van der Waals surface area contributed by atoms with E-state index in [2.05, 4.69) is 13.8 Å². The van der Waals surface area contributed by atoms with Gasteiger partial charge in [-0.15, -0.1) is 4.73 Å². The number of rotatable bonds is 12. The lowest BCUT2D eigenvalue weighted by Crippen LogP contribution is -2.29. The molecule has 1 atom stereocenters. The summed E-state index contributed by atoms with van der Waals surface area (Å²) in [5.74, 6) is 0.0147. The lowest BCUT2D eigenvalue weighted by molar-refractivity contribution is -0.610. The molecular formula is C17H30NO4P. The normalized spacial score (nSPS) is 12.3. The van der Waals surface area contributed by atoms with Crippen LogP contribution in [0.15, 0.2) is 12.3 Å². The predicted molar refractivity (Wildman–Crippen MR) is 92.9 cm³/mol. The molecule has 0 saturated heterocycles. The standard InChI is InChI=1S/C17H30NO4P/c1-3-5-7-9-11-15-13-14-18(19)17(22-23(20)21)16(15)12-10-8-6-4-2/h13-14,23H,3-12H2,1-2H3,(H,20,21). The second kappa shape index (κ2) is 11.5. The minimum Gasteiger partial charge on any atom is -0.616 e. The molecule has 0 amide bonds. The van der Waals surface area contributed by atoms with E-state index in [1.54, 1.807) is 0 Å². The Morgan fingerprint density at radius 3 is 2.26 bits per heavy atom. The molecule has 132 valence electrons. The van der Waals surface area contributed by atoms with E-state index in [4.69, 9.17) is 9.42 Å². The van der Waals surface area contributed by atoms with E-state index in [-0.39, 0.29) is 5.88 Å². The molecule has 1 N–H and O–H groups in total. The third kappa shape index (κ3) is 7.36. The molecule has 23 heavy (non-hydrogen) atoms. The van der Waals surface area contributed by atoms with Gasteiger partial charge in [0.15, 0.2) is 6.20 Å².